The second-order valence-electron chi connectivity index (χ2n) is 7.49. The number of ether oxygens (including phenoxy) is 1. The zero-order valence-corrected chi connectivity index (χ0v) is 17.4. The molecule has 156 valence electrons. The lowest BCUT2D eigenvalue weighted by Gasteiger charge is -2.36. The third-order valence-corrected chi connectivity index (χ3v) is 5.35. The van der Waals surface area contributed by atoms with E-state index in [1.165, 1.54) is 0 Å². The van der Waals surface area contributed by atoms with E-state index >= 15 is 0 Å². The minimum Gasteiger partial charge on any atom is -0.389 e. The summed E-state index contributed by atoms with van der Waals surface area (Å²) in [7, 11) is 0. The Balaban J connectivity index is 1.65. The zero-order valence-electron chi connectivity index (χ0n) is 17.4. The van der Waals surface area contributed by atoms with Gasteiger partial charge in [-0.05, 0) is 28.8 Å². The largest absolute Gasteiger partial charge is 0.389 e. The van der Waals surface area contributed by atoms with Gasteiger partial charge in [0.2, 0.25) is 0 Å². The van der Waals surface area contributed by atoms with Crippen molar-refractivity contribution in [1.29, 1.82) is 0 Å². The Bertz CT molecular complexity index is 941. The number of aliphatic hydroxyl groups excluding tert-OH is 1. The summed E-state index contributed by atoms with van der Waals surface area (Å²) >= 11 is 0. The van der Waals surface area contributed by atoms with Crippen molar-refractivity contribution in [2.75, 3.05) is 18.5 Å². The van der Waals surface area contributed by atoms with Gasteiger partial charge in [-0.3, -0.25) is 0 Å². The maximum absolute atomic E-state index is 10.7. The van der Waals surface area contributed by atoms with Crippen LogP contribution in [-0.2, 0) is 10.3 Å². The van der Waals surface area contributed by atoms with E-state index in [0.717, 1.165) is 22.4 Å². The van der Waals surface area contributed by atoms with Gasteiger partial charge in [0.25, 0.3) is 0 Å². The summed E-state index contributed by atoms with van der Waals surface area (Å²) in [6.07, 6.45) is -0.671. The van der Waals surface area contributed by atoms with Gasteiger partial charge < -0.3 is 15.2 Å². The molecule has 3 heteroatoms. The van der Waals surface area contributed by atoms with Gasteiger partial charge in [-0.15, -0.1) is 0 Å². The molecule has 0 aliphatic heterocycles. The van der Waals surface area contributed by atoms with Gasteiger partial charge in [0.1, 0.15) is 5.60 Å². The second kappa shape index (κ2) is 10.1. The van der Waals surface area contributed by atoms with Crippen LogP contribution in [0.1, 0.15) is 16.7 Å². The van der Waals surface area contributed by atoms with Crippen LogP contribution in [0.2, 0.25) is 0 Å². The summed E-state index contributed by atoms with van der Waals surface area (Å²) in [5.41, 5.74) is 3.22. The van der Waals surface area contributed by atoms with Crippen LogP contribution in [0.5, 0.6) is 0 Å². The monoisotopic (exact) mass is 409 g/mol. The molecule has 1 atom stereocenters. The third kappa shape index (κ3) is 4.85. The number of anilines is 1. The van der Waals surface area contributed by atoms with Gasteiger partial charge in [0, 0.05) is 12.2 Å². The molecule has 4 aromatic rings. The van der Waals surface area contributed by atoms with Crippen LogP contribution < -0.4 is 5.32 Å². The van der Waals surface area contributed by atoms with E-state index in [1.54, 1.807) is 0 Å². The highest BCUT2D eigenvalue weighted by atomic mass is 16.5. The SMILES string of the molecule is O[C@@H](CNc1ccccc1)COC(c1ccccc1)(c1ccccc1)c1ccccc1. The predicted molar refractivity (Wildman–Crippen MR) is 126 cm³/mol. The van der Waals surface area contributed by atoms with E-state index in [4.69, 9.17) is 4.74 Å². The number of hydrogen-bond acceptors (Lipinski definition) is 3. The molecule has 0 aliphatic rings. The molecule has 3 nitrogen and oxygen atoms in total. The minimum atomic E-state index is -0.822. The molecular formula is C28H27NO2. The van der Waals surface area contributed by atoms with E-state index in [2.05, 4.69) is 41.7 Å². The molecule has 0 fully saturated rings. The van der Waals surface area contributed by atoms with Gasteiger partial charge in [-0.1, -0.05) is 109 Å². The van der Waals surface area contributed by atoms with Crippen LogP contribution in [0, 0.1) is 0 Å². The van der Waals surface area contributed by atoms with Crippen molar-refractivity contribution in [3.63, 3.8) is 0 Å². The maximum atomic E-state index is 10.7. The number of benzene rings is 4. The topological polar surface area (TPSA) is 41.5 Å². The predicted octanol–water partition coefficient (Wildman–Crippen LogP) is 5.47. The molecule has 31 heavy (non-hydrogen) atoms. The molecule has 0 aliphatic carbocycles. The summed E-state index contributed by atoms with van der Waals surface area (Å²) in [4.78, 5) is 0. The first-order valence-electron chi connectivity index (χ1n) is 10.6. The Labute approximate surface area is 184 Å². The van der Waals surface area contributed by atoms with Gasteiger partial charge in [-0.2, -0.15) is 0 Å². The van der Waals surface area contributed by atoms with Crippen LogP contribution in [0.3, 0.4) is 0 Å². The molecule has 0 radical (unpaired) electrons. The Hall–Kier alpha value is -3.40. The van der Waals surface area contributed by atoms with Crippen molar-refractivity contribution >= 4 is 5.69 Å². The standard InChI is InChI=1S/C28H27NO2/c30-27(21-29-26-19-11-4-12-20-26)22-31-28(23-13-5-1-6-14-23,24-15-7-2-8-16-24)25-17-9-3-10-18-25/h1-20,27,29-30H,21-22H2/t27-/m0/s1. The molecule has 0 bridgehead atoms. The van der Waals surface area contributed by atoms with E-state index in [1.807, 2.05) is 84.9 Å². The summed E-state index contributed by atoms with van der Waals surface area (Å²) in [5, 5.41) is 14.0. The van der Waals surface area contributed by atoms with Crippen LogP contribution >= 0.6 is 0 Å². The number of para-hydroxylation sites is 1. The molecule has 4 aromatic carbocycles. The normalized spacial score (nSPS) is 12.3. The van der Waals surface area contributed by atoms with Gasteiger partial charge >= 0.3 is 0 Å². The van der Waals surface area contributed by atoms with Crippen molar-refractivity contribution in [2.45, 2.75) is 11.7 Å². The summed E-state index contributed by atoms with van der Waals surface area (Å²) in [5.74, 6) is 0. The molecule has 0 heterocycles. The van der Waals surface area contributed by atoms with Crippen molar-refractivity contribution in [1.82, 2.24) is 0 Å². The summed E-state index contributed by atoms with van der Waals surface area (Å²) in [6.45, 7) is 0.580. The highest BCUT2D eigenvalue weighted by Crippen LogP contribution is 2.40. The lowest BCUT2D eigenvalue weighted by atomic mass is 9.80. The van der Waals surface area contributed by atoms with Crippen LogP contribution in [0.25, 0.3) is 0 Å². The quantitative estimate of drug-likeness (QED) is 0.360. The fourth-order valence-corrected chi connectivity index (χ4v) is 3.84. The molecule has 2 N–H and O–H groups in total. The fourth-order valence-electron chi connectivity index (χ4n) is 3.84. The van der Waals surface area contributed by atoms with E-state index < -0.39 is 11.7 Å². The molecule has 0 amide bonds. The summed E-state index contributed by atoms with van der Waals surface area (Å²) in [6, 6.07) is 40.5. The molecule has 0 unspecified atom stereocenters. The van der Waals surface area contributed by atoms with Crippen LogP contribution in [0.15, 0.2) is 121 Å². The van der Waals surface area contributed by atoms with Crippen LogP contribution in [-0.4, -0.2) is 24.4 Å². The number of nitrogens with one attached hydrogen (secondary N) is 1. The van der Waals surface area contributed by atoms with E-state index in [-0.39, 0.29) is 6.61 Å². The number of hydrogen-bond donors (Lipinski definition) is 2. The fraction of sp³-hybridized carbons (Fsp3) is 0.143. The average molecular weight is 410 g/mol. The van der Waals surface area contributed by atoms with Crippen molar-refractivity contribution in [2.24, 2.45) is 0 Å². The Morgan fingerprint density at radius 3 is 1.42 bits per heavy atom. The number of rotatable bonds is 9. The zero-order chi connectivity index (χ0) is 21.4. The smallest absolute Gasteiger partial charge is 0.143 e. The molecular weight excluding hydrogens is 382 g/mol. The van der Waals surface area contributed by atoms with Gasteiger partial charge in [0.05, 0.1) is 12.7 Å². The number of aliphatic hydroxyl groups is 1. The summed E-state index contributed by atoms with van der Waals surface area (Å²) < 4.78 is 6.65. The molecule has 0 saturated carbocycles. The molecule has 0 saturated heterocycles. The third-order valence-electron chi connectivity index (χ3n) is 5.35. The Kier molecular flexibility index (Phi) is 6.78. The van der Waals surface area contributed by atoms with Crippen molar-refractivity contribution < 1.29 is 9.84 Å². The first-order chi connectivity index (χ1) is 15.3. The lowest BCUT2D eigenvalue weighted by Crippen LogP contribution is -2.37. The lowest BCUT2D eigenvalue weighted by molar-refractivity contribution is -0.0339. The van der Waals surface area contributed by atoms with E-state index in [0.29, 0.717) is 6.54 Å². The Morgan fingerprint density at radius 2 is 1.00 bits per heavy atom. The van der Waals surface area contributed by atoms with Gasteiger partial charge in [0.15, 0.2) is 0 Å². The van der Waals surface area contributed by atoms with Gasteiger partial charge in [-0.25, -0.2) is 0 Å². The average Bonchev–Trinajstić information content (AvgIpc) is 2.86. The van der Waals surface area contributed by atoms with Crippen molar-refractivity contribution in [3.8, 4) is 0 Å². The van der Waals surface area contributed by atoms with E-state index in [9.17, 15) is 5.11 Å². The first kappa shape index (κ1) is 20.9. The van der Waals surface area contributed by atoms with Crippen molar-refractivity contribution in [3.05, 3.63) is 138 Å². The van der Waals surface area contributed by atoms with Crippen LogP contribution in [0.4, 0.5) is 5.69 Å². The minimum absolute atomic E-state index is 0.179. The Morgan fingerprint density at radius 1 is 0.613 bits per heavy atom. The second-order valence-corrected chi connectivity index (χ2v) is 7.49. The molecule has 0 spiro atoms. The molecule has 4 rings (SSSR count). The molecule has 0 aromatic heterocycles. The maximum Gasteiger partial charge on any atom is 0.143 e. The first-order valence-corrected chi connectivity index (χ1v) is 10.6. The highest BCUT2D eigenvalue weighted by molar-refractivity contribution is 5.47. The highest BCUT2D eigenvalue weighted by Gasteiger charge is 2.37.